The number of aromatic carboxylic acids is 4. The molecule has 0 spiro atoms. The van der Waals surface area contributed by atoms with E-state index >= 15 is 0 Å². The topological polar surface area (TPSA) is 201 Å². The third-order valence-electron chi connectivity index (χ3n) is 4.30. The SMILES string of the molecule is NCC(N)(c1cccc(C(=O)O)c1C(=O)O)c1cccc(C(=O)O)c1C(=O)O. The van der Waals surface area contributed by atoms with Gasteiger partial charge in [0.25, 0.3) is 0 Å². The van der Waals surface area contributed by atoms with Gasteiger partial charge in [-0.2, -0.15) is 0 Å². The van der Waals surface area contributed by atoms with Gasteiger partial charge in [0.05, 0.1) is 27.8 Å². The van der Waals surface area contributed by atoms with Crippen LogP contribution in [0.4, 0.5) is 0 Å². The highest BCUT2D eigenvalue weighted by atomic mass is 16.4. The van der Waals surface area contributed by atoms with Gasteiger partial charge in [0.2, 0.25) is 0 Å². The largest absolute Gasteiger partial charge is 0.478 e. The number of nitrogens with two attached hydrogens (primary N) is 2. The van der Waals surface area contributed by atoms with Crippen molar-refractivity contribution < 1.29 is 39.6 Å². The molecule has 28 heavy (non-hydrogen) atoms. The second-order valence-corrected chi connectivity index (χ2v) is 5.85. The summed E-state index contributed by atoms with van der Waals surface area (Å²) in [4.78, 5) is 46.4. The molecule has 0 fully saturated rings. The summed E-state index contributed by atoms with van der Waals surface area (Å²) in [5, 5.41) is 37.7. The first kappa shape index (κ1) is 20.6. The number of benzene rings is 2. The van der Waals surface area contributed by atoms with Crippen molar-refractivity contribution in [1.29, 1.82) is 0 Å². The van der Waals surface area contributed by atoms with E-state index in [0.717, 1.165) is 12.1 Å². The summed E-state index contributed by atoms with van der Waals surface area (Å²) >= 11 is 0. The summed E-state index contributed by atoms with van der Waals surface area (Å²) in [5.41, 5.74) is 7.10. The molecule has 2 aromatic rings. The number of rotatable bonds is 7. The van der Waals surface area contributed by atoms with E-state index in [1.165, 1.54) is 24.3 Å². The molecule has 8 N–H and O–H groups in total. The molecule has 0 saturated carbocycles. The monoisotopic (exact) mass is 388 g/mol. The minimum atomic E-state index is -1.99. The number of carbonyl (C=O) groups is 4. The van der Waals surface area contributed by atoms with Crippen LogP contribution in [0.5, 0.6) is 0 Å². The van der Waals surface area contributed by atoms with Crippen molar-refractivity contribution in [2.24, 2.45) is 11.5 Å². The maximum absolute atomic E-state index is 11.8. The lowest BCUT2D eigenvalue weighted by atomic mass is 9.77. The fraction of sp³-hybridized carbons (Fsp3) is 0.111. The predicted octanol–water partition coefficient (Wildman–Crippen LogP) is 0.640. The normalized spacial score (nSPS) is 11.1. The van der Waals surface area contributed by atoms with Crippen molar-refractivity contribution in [1.82, 2.24) is 0 Å². The third-order valence-corrected chi connectivity index (χ3v) is 4.30. The Morgan fingerprint density at radius 3 is 1.32 bits per heavy atom. The van der Waals surface area contributed by atoms with Gasteiger partial charge in [-0.3, -0.25) is 0 Å². The Balaban J connectivity index is 2.97. The van der Waals surface area contributed by atoms with Crippen molar-refractivity contribution in [2.45, 2.75) is 5.54 Å². The minimum Gasteiger partial charge on any atom is -0.478 e. The first-order valence-corrected chi connectivity index (χ1v) is 7.75. The van der Waals surface area contributed by atoms with Crippen molar-refractivity contribution >= 4 is 23.9 Å². The molecular weight excluding hydrogens is 372 g/mol. The molecule has 0 aliphatic rings. The van der Waals surface area contributed by atoms with Crippen molar-refractivity contribution in [3.63, 3.8) is 0 Å². The molecule has 0 atom stereocenters. The van der Waals surface area contributed by atoms with Crippen LogP contribution in [-0.2, 0) is 5.54 Å². The molecule has 0 saturated heterocycles. The lowest BCUT2D eigenvalue weighted by Gasteiger charge is -2.32. The first-order valence-electron chi connectivity index (χ1n) is 7.75. The highest BCUT2D eigenvalue weighted by molar-refractivity contribution is 6.05. The van der Waals surface area contributed by atoms with Gasteiger partial charge in [-0.25, -0.2) is 19.2 Å². The van der Waals surface area contributed by atoms with Crippen LogP contribution in [0.2, 0.25) is 0 Å². The van der Waals surface area contributed by atoms with Gasteiger partial charge in [0.15, 0.2) is 0 Å². The molecule has 0 amide bonds. The Bertz CT molecular complexity index is 924. The second-order valence-electron chi connectivity index (χ2n) is 5.85. The lowest BCUT2D eigenvalue weighted by Crippen LogP contribution is -2.47. The zero-order valence-corrected chi connectivity index (χ0v) is 14.2. The van der Waals surface area contributed by atoms with Crippen molar-refractivity contribution in [3.8, 4) is 0 Å². The van der Waals surface area contributed by atoms with E-state index in [0.29, 0.717) is 0 Å². The zero-order valence-electron chi connectivity index (χ0n) is 14.2. The van der Waals surface area contributed by atoms with E-state index in [2.05, 4.69) is 0 Å². The molecule has 0 aromatic heterocycles. The summed E-state index contributed by atoms with van der Waals surface area (Å²) in [6.07, 6.45) is 0. The maximum atomic E-state index is 11.8. The third kappa shape index (κ3) is 3.29. The van der Waals surface area contributed by atoms with Crippen LogP contribution in [-0.4, -0.2) is 50.8 Å². The highest BCUT2D eigenvalue weighted by Crippen LogP contribution is 2.34. The number of hydrogen-bond donors (Lipinski definition) is 6. The van der Waals surface area contributed by atoms with E-state index in [1.54, 1.807) is 0 Å². The van der Waals surface area contributed by atoms with Crippen molar-refractivity contribution in [3.05, 3.63) is 69.8 Å². The number of carboxylic acids is 4. The van der Waals surface area contributed by atoms with Crippen LogP contribution in [0.25, 0.3) is 0 Å². The van der Waals surface area contributed by atoms with E-state index in [4.69, 9.17) is 11.5 Å². The molecule has 0 radical (unpaired) electrons. The fourth-order valence-corrected chi connectivity index (χ4v) is 3.03. The van der Waals surface area contributed by atoms with E-state index in [9.17, 15) is 39.6 Å². The minimum absolute atomic E-state index is 0.257. The van der Waals surface area contributed by atoms with Gasteiger partial charge in [-0.05, 0) is 23.3 Å². The lowest BCUT2D eigenvalue weighted by molar-refractivity contribution is 0.0647. The summed E-state index contributed by atoms with van der Waals surface area (Å²) < 4.78 is 0. The Labute approximate surface area is 157 Å². The van der Waals surface area contributed by atoms with Gasteiger partial charge >= 0.3 is 23.9 Å². The van der Waals surface area contributed by atoms with Gasteiger partial charge in [0, 0.05) is 6.54 Å². The van der Waals surface area contributed by atoms with E-state index < -0.39 is 58.2 Å². The zero-order chi connectivity index (χ0) is 21.2. The molecule has 10 heteroatoms. The van der Waals surface area contributed by atoms with Crippen molar-refractivity contribution in [2.75, 3.05) is 6.54 Å². The molecule has 0 unspecified atom stereocenters. The molecular formula is C18H16N2O8. The second kappa shape index (κ2) is 7.47. The van der Waals surface area contributed by atoms with E-state index in [1.807, 2.05) is 0 Å². The number of carboxylic acid groups (broad SMARTS) is 4. The average molecular weight is 388 g/mol. The van der Waals surface area contributed by atoms with Gasteiger partial charge in [-0.1, -0.05) is 24.3 Å². The molecule has 0 aliphatic heterocycles. The molecule has 0 heterocycles. The average Bonchev–Trinajstić information content (AvgIpc) is 2.65. The quantitative estimate of drug-likeness (QED) is 0.391. The van der Waals surface area contributed by atoms with Crippen LogP contribution in [0.3, 0.4) is 0 Å². The van der Waals surface area contributed by atoms with Crippen LogP contribution >= 0.6 is 0 Å². The maximum Gasteiger partial charge on any atom is 0.336 e. The van der Waals surface area contributed by atoms with Crippen LogP contribution in [0, 0.1) is 0 Å². The Morgan fingerprint density at radius 2 is 1.07 bits per heavy atom. The molecule has 2 aromatic carbocycles. The Morgan fingerprint density at radius 1 is 0.714 bits per heavy atom. The molecule has 0 bridgehead atoms. The number of hydrogen-bond acceptors (Lipinski definition) is 6. The summed E-state index contributed by atoms with van der Waals surface area (Å²) in [7, 11) is 0. The van der Waals surface area contributed by atoms with Crippen LogP contribution in [0.1, 0.15) is 52.6 Å². The fourth-order valence-electron chi connectivity index (χ4n) is 3.03. The molecule has 0 aliphatic carbocycles. The van der Waals surface area contributed by atoms with E-state index in [-0.39, 0.29) is 11.1 Å². The first-order chi connectivity index (χ1) is 13.1. The highest BCUT2D eigenvalue weighted by Gasteiger charge is 2.38. The smallest absolute Gasteiger partial charge is 0.336 e. The summed E-state index contributed by atoms with van der Waals surface area (Å²) in [6, 6.07) is 7.01. The van der Waals surface area contributed by atoms with Crippen LogP contribution < -0.4 is 11.5 Å². The molecule has 10 nitrogen and oxygen atoms in total. The predicted molar refractivity (Wildman–Crippen MR) is 94.7 cm³/mol. The molecule has 146 valence electrons. The summed E-state index contributed by atoms with van der Waals surface area (Å²) in [5.74, 6) is -6.28. The Hall–Kier alpha value is -3.76. The Kier molecular flexibility index (Phi) is 5.48. The van der Waals surface area contributed by atoms with Gasteiger partial charge in [-0.15, -0.1) is 0 Å². The van der Waals surface area contributed by atoms with Gasteiger partial charge in [0.1, 0.15) is 0 Å². The van der Waals surface area contributed by atoms with Crippen LogP contribution in [0.15, 0.2) is 36.4 Å². The molecule has 2 rings (SSSR count). The van der Waals surface area contributed by atoms with Gasteiger partial charge < -0.3 is 31.9 Å². The summed E-state index contributed by atoms with van der Waals surface area (Å²) in [6.45, 7) is -0.528. The standard InChI is InChI=1S/C18H16N2O8/c19-7-18(20,10-5-1-3-8(14(21)22)12(10)16(25)26)11-6-2-4-9(15(23)24)13(11)17(27)28/h1-6H,7,19-20H2,(H,21,22)(H,23,24)(H,25,26)(H,27,28).